The Morgan fingerprint density at radius 3 is 2.50 bits per heavy atom. The second-order valence-corrected chi connectivity index (χ2v) is 10.3. The van der Waals surface area contributed by atoms with Gasteiger partial charge in [-0.3, -0.25) is 9.59 Å². The molecular formula is C31H36N2O5. The molecule has 0 radical (unpaired) electrons. The third-order valence-electron chi connectivity index (χ3n) is 7.89. The van der Waals surface area contributed by atoms with Crippen molar-refractivity contribution in [2.24, 2.45) is 5.41 Å². The Bertz CT molecular complexity index is 1280. The number of fused-ring (bicyclic) bond motifs is 2. The number of piperidine rings is 1. The van der Waals surface area contributed by atoms with E-state index in [1.54, 1.807) is 13.2 Å². The summed E-state index contributed by atoms with van der Waals surface area (Å²) in [5, 5.41) is 4.78. The van der Waals surface area contributed by atoms with Gasteiger partial charge >= 0.3 is 0 Å². The van der Waals surface area contributed by atoms with Gasteiger partial charge in [0.2, 0.25) is 0 Å². The van der Waals surface area contributed by atoms with E-state index in [0.29, 0.717) is 56.3 Å². The number of carbonyl (C=O) groups is 2. The molecule has 1 spiro atoms. The highest BCUT2D eigenvalue weighted by Crippen LogP contribution is 2.39. The summed E-state index contributed by atoms with van der Waals surface area (Å²) in [5.74, 6) is 1.27. The van der Waals surface area contributed by atoms with E-state index in [1.807, 2.05) is 59.5 Å². The molecule has 2 aliphatic rings. The molecular weight excluding hydrogens is 480 g/mol. The third kappa shape index (κ3) is 5.63. The van der Waals surface area contributed by atoms with Crippen LogP contribution in [-0.2, 0) is 4.74 Å². The number of rotatable bonds is 2. The van der Waals surface area contributed by atoms with E-state index in [0.717, 1.165) is 48.6 Å². The molecule has 0 aliphatic carbocycles. The molecule has 7 nitrogen and oxygen atoms in total. The van der Waals surface area contributed by atoms with Crippen LogP contribution in [-0.4, -0.2) is 63.3 Å². The highest BCUT2D eigenvalue weighted by Gasteiger charge is 2.37. The van der Waals surface area contributed by atoms with Crippen LogP contribution in [0.1, 0.15) is 52.8 Å². The van der Waals surface area contributed by atoms with Gasteiger partial charge in [0.05, 0.1) is 25.9 Å². The number of nitrogens with one attached hydrogen (secondary N) is 1. The van der Waals surface area contributed by atoms with Crippen LogP contribution in [0.5, 0.6) is 11.5 Å². The van der Waals surface area contributed by atoms with Gasteiger partial charge in [-0.1, -0.05) is 42.8 Å². The molecule has 0 saturated carbocycles. The minimum Gasteiger partial charge on any atom is -0.496 e. The van der Waals surface area contributed by atoms with Crippen LogP contribution in [0.4, 0.5) is 0 Å². The van der Waals surface area contributed by atoms with Crippen LogP contribution in [0, 0.1) is 5.41 Å². The maximum Gasteiger partial charge on any atom is 0.255 e. The van der Waals surface area contributed by atoms with Gasteiger partial charge in [-0.15, -0.1) is 0 Å². The number of para-hydroxylation sites is 1. The number of hydrogen-bond acceptors (Lipinski definition) is 5. The highest BCUT2D eigenvalue weighted by molar-refractivity contribution is 6.08. The summed E-state index contributed by atoms with van der Waals surface area (Å²) in [6, 6.07) is 19.0. The Morgan fingerprint density at radius 2 is 1.68 bits per heavy atom. The summed E-state index contributed by atoms with van der Waals surface area (Å²) in [6.07, 6.45) is 4.70. The van der Waals surface area contributed by atoms with Crippen molar-refractivity contribution in [3.05, 3.63) is 71.8 Å². The van der Waals surface area contributed by atoms with Gasteiger partial charge in [0.1, 0.15) is 11.5 Å². The fourth-order valence-electron chi connectivity index (χ4n) is 5.61. The molecule has 200 valence electrons. The third-order valence-corrected chi connectivity index (χ3v) is 7.89. The summed E-state index contributed by atoms with van der Waals surface area (Å²) >= 11 is 0. The number of amides is 2. The van der Waals surface area contributed by atoms with Gasteiger partial charge in [0.25, 0.3) is 11.8 Å². The average molecular weight is 517 g/mol. The van der Waals surface area contributed by atoms with Crippen molar-refractivity contribution in [1.82, 2.24) is 10.2 Å². The first-order chi connectivity index (χ1) is 18.6. The van der Waals surface area contributed by atoms with Gasteiger partial charge < -0.3 is 24.4 Å². The van der Waals surface area contributed by atoms with Crippen LogP contribution in [0.15, 0.2) is 60.7 Å². The first kappa shape index (κ1) is 26.0. The number of methoxy groups -OCH3 is 1. The van der Waals surface area contributed by atoms with Crippen LogP contribution in [0.25, 0.3) is 10.8 Å². The maximum atomic E-state index is 13.7. The SMILES string of the molecule is COc1ccc(C(=O)N2CCC3(CCCCOCCNC(=O)c4ccccc4OC3)CC2)c2ccccc12. The summed E-state index contributed by atoms with van der Waals surface area (Å²) in [6.45, 7) is 3.51. The van der Waals surface area contributed by atoms with Crippen molar-refractivity contribution in [2.75, 3.05) is 46.6 Å². The molecule has 2 aliphatic heterocycles. The first-order valence-electron chi connectivity index (χ1n) is 13.5. The highest BCUT2D eigenvalue weighted by atomic mass is 16.5. The summed E-state index contributed by atoms with van der Waals surface area (Å²) in [7, 11) is 1.65. The number of ether oxygens (including phenoxy) is 3. The fourth-order valence-corrected chi connectivity index (χ4v) is 5.61. The molecule has 3 aromatic rings. The second-order valence-electron chi connectivity index (χ2n) is 10.3. The minimum absolute atomic E-state index is 0.0518. The number of carbonyl (C=O) groups excluding carboxylic acids is 2. The normalized spacial score (nSPS) is 18.7. The van der Waals surface area contributed by atoms with E-state index in [9.17, 15) is 9.59 Å². The van der Waals surface area contributed by atoms with Crippen molar-refractivity contribution in [1.29, 1.82) is 0 Å². The zero-order valence-electron chi connectivity index (χ0n) is 22.0. The number of nitrogens with zero attached hydrogens (tertiary/aromatic N) is 1. The molecule has 0 aromatic heterocycles. The molecule has 0 atom stereocenters. The van der Waals surface area contributed by atoms with Gasteiger partial charge in [0, 0.05) is 42.6 Å². The van der Waals surface area contributed by atoms with E-state index in [2.05, 4.69) is 5.32 Å². The molecule has 3 aromatic carbocycles. The molecule has 2 amide bonds. The lowest BCUT2D eigenvalue weighted by Gasteiger charge is -2.42. The van der Waals surface area contributed by atoms with Crippen LogP contribution < -0.4 is 14.8 Å². The standard InChI is InChI=1S/C31H36N2O5/c1-36-27-13-12-25(23-8-2-3-9-24(23)27)30(35)33-18-15-31(16-19-33)14-6-7-20-37-21-17-32-29(34)26-10-4-5-11-28(26)38-22-31/h2-5,8-13H,6-7,14-22H2,1H3,(H,32,34). The Hall–Kier alpha value is -3.58. The molecule has 1 saturated heterocycles. The molecule has 1 N–H and O–H groups in total. The molecule has 5 rings (SSSR count). The predicted octanol–water partition coefficient (Wildman–Crippen LogP) is 5.08. The molecule has 0 bridgehead atoms. The van der Waals surface area contributed by atoms with Crippen molar-refractivity contribution < 1.29 is 23.8 Å². The molecule has 0 unspecified atom stereocenters. The number of likely N-dealkylation sites (tertiary alicyclic amines) is 1. The number of hydrogen-bond donors (Lipinski definition) is 1. The first-order valence-corrected chi connectivity index (χ1v) is 13.5. The van der Waals surface area contributed by atoms with Crippen LogP contribution >= 0.6 is 0 Å². The zero-order valence-corrected chi connectivity index (χ0v) is 22.0. The van der Waals surface area contributed by atoms with Crippen molar-refractivity contribution in [3.63, 3.8) is 0 Å². The zero-order chi connectivity index (χ0) is 26.4. The summed E-state index contributed by atoms with van der Waals surface area (Å²) in [4.78, 5) is 28.4. The van der Waals surface area contributed by atoms with Crippen LogP contribution in [0.2, 0.25) is 0 Å². The smallest absolute Gasteiger partial charge is 0.255 e. The van der Waals surface area contributed by atoms with E-state index >= 15 is 0 Å². The van der Waals surface area contributed by atoms with E-state index < -0.39 is 0 Å². The topological polar surface area (TPSA) is 77.1 Å². The van der Waals surface area contributed by atoms with Crippen molar-refractivity contribution in [3.8, 4) is 11.5 Å². The van der Waals surface area contributed by atoms with Gasteiger partial charge in [-0.25, -0.2) is 0 Å². The molecule has 2 heterocycles. The molecule has 1 fully saturated rings. The summed E-state index contributed by atoms with van der Waals surface area (Å²) < 4.78 is 17.6. The van der Waals surface area contributed by atoms with E-state index in [-0.39, 0.29) is 17.2 Å². The monoisotopic (exact) mass is 516 g/mol. The lowest BCUT2D eigenvalue weighted by atomic mass is 9.75. The van der Waals surface area contributed by atoms with Gasteiger partial charge in [-0.05, 0) is 55.3 Å². The van der Waals surface area contributed by atoms with Gasteiger partial charge in [0.15, 0.2) is 0 Å². The lowest BCUT2D eigenvalue weighted by Crippen LogP contribution is -2.45. The average Bonchev–Trinajstić information content (AvgIpc) is 2.96. The Labute approximate surface area is 224 Å². The molecule has 7 heteroatoms. The minimum atomic E-state index is -0.151. The molecule has 38 heavy (non-hydrogen) atoms. The van der Waals surface area contributed by atoms with Gasteiger partial charge in [-0.2, -0.15) is 0 Å². The quantitative estimate of drug-likeness (QED) is 0.514. The van der Waals surface area contributed by atoms with E-state index in [1.165, 1.54) is 0 Å². The Kier molecular flexibility index (Phi) is 8.13. The predicted molar refractivity (Wildman–Crippen MR) is 147 cm³/mol. The fraction of sp³-hybridized carbons (Fsp3) is 0.419. The largest absolute Gasteiger partial charge is 0.496 e. The van der Waals surface area contributed by atoms with Crippen LogP contribution in [0.3, 0.4) is 0 Å². The summed E-state index contributed by atoms with van der Waals surface area (Å²) in [5.41, 5.74) is 1.18. The lowest BCUT2D eigenvalue weighted by molar-refractivity contribution is 0.0342. The Morgan fingerprint density at radius 1 is 0.921 bits per heavy atom. The maximum absolute atomic E-state index is 13.7. The van der Waals surface area contributed by atoms with E-state index in [4.69, 9.17) is 14.2 Å². The van der Waals surface area contributed by atoms with Crippen molar-refractivity contribution in [2.45, 2.75) is 32.1 Å². The number of benzene rings is 3. The van der Waals surface area contributed by atoms with Crippen molar-refractivity contribution >= 4 is 22.6 Å². The Balaban J connectivity index is 1.33. The second kappa shape index (κ2) is 11.9.